The van der Waals surface area contributed by atoms with Gasteiger partial charge in [0, 0.05) is 18.4 Å². The van der Waals surface area contributed by atoms with Gasteiger partial charge in [0.2, 0.25) is 0 Å². The van der Waals surface area contributed by atoms with Gasteiger partial charge >= 0.3 is 0 Å². The number of Topliss-reactive ketones (excluding diaryl/α,β-unsaturated/α-hetero) is 1. The Morgan fingerprint density at radius 2 is 1.60 bits per heavy atom. The zero-order chi connectivity index (χ0) is 14.2. The van der Waals surface area contributed by atoms with Crippen LogP contribution in [0.25, 0.3) is 10.8 Å². The Morgan fingerprint density at radius 1 is 0.950 bits per heavy atom. The first-order valence-electron chi connectivity index (χ1n) is 7.31. The van der Waals surface area contributed by atoms with Crippen molar-refractivity contribution in [1.29, 1.82) is 0 Å². The summed E-state index contributed by atoms with van der Waals surface area (Å²) in [6, 6.07) is 15.1. The second-order valence-electron chi connectivity index (χ2n) is 5.99. The zero-order valence-corrected chi connectivity index (χ0v) is 12.2. The van der Waals surface area contributed by atoms with Gasteiger partial charge in [0.1, 0.15) is 5.78 Å². The van der Waals surface area contributed by atoms with E-state index >= 15 is 0 Å². The Balaban J connectivity index is 2.18. The molecule has 0 aromatic heterocycles. The molecule has 1 aliphatic carbocycles. The highest BCUT2D eigenvalue weighted by Crippen LogP contribution is 2.42. The maximum atomic E-state index is 11.6. The largest absolute Gasteiger partial charge is 0.300 e. The molecule has 1 saturated carbocycles. The van der Waals surface area contributed by atoms with Crippen molar-refractivity contribution in [3.05, 3.63) is 48.0 Å². The van der Waals surface area contributed by atoms with Crippen LogP contribution >= 0.6 is 0 Å². The van der Waals surface area contributed by atoms with E-state index < -0.39 is 0 Å². The molecule has 2 aromatic carbocycles. The van der Waals surface area contributed by atoms with Crippen LogP contribution in [-0.4, -0.2) is 24.8 Å². The molecule has 0 spiro atoms. The molecule has 0 amide bonds. The Kier molecular flexibility index (Phi) is 3.35. The minimum absolute atomic E-state index is 0.00519. The molecule has 0 radical (unpaired) electrons. The maximum absolute atomic E-state index is 11.6. The summed E-state index contributed by atoms with van der Waals surface area (Å²) in [6.07, 6.45) is 3.24. The van der Waals surface area contributed by atoms with Crippen LogP contribution in [-0.2, 0) is 10.3 Å². The topological polar surface area (TPSA) is 20.3 Å². The molecular formula is C18H21NO. The fraction of sp³-hybridized carbons (Fsp3) is 0.389. The molecule has 20 heavy (non-hydrogen) atoms. The highest BCUT2D eigenvalue weighted by atomic mass is 16.1. The first kappa shape index (κ1) is 13.3. The lowest BCUT2D eigenvalue weighted by Gasteiger charge is -2.43. The molecule has 3 rings (SSSR count). The molecule has 1 aliphatic rings. The van der Waals surface area contributed by atoms with Gasteiger partial charge in [0.15, 0.2) is 0 Å². The van der Waals surface area contributed by atoms with Crippen LogP contribution in [0.15, 0.2) is 42.5 Å². The second kappa shape index (κ2) is 5.02. The lowest BCUT2D eigenvalue weighted by Crippen LogP contribution is -2.44. The van der Waals surface area contributed by atoms with Gasteiger partial charge in [0.05, 0.1) is 0 Å². The minimum Gasteiger partial charge on any atom is -0.300 e. The summed E-state index contributed by atoms with van der Waals surface area (Å²) in [7, 11) is 4.27. The van der Waals surface area contributed by atoms with Crippen molar-refractivity contribution in [2.75, 3.05) is 14.1 Å². The summed E-state index contributed by atoms with van der Waals surface area (Å²) in [4.78, 5) is 14.0. The number of ketones is 1. The molecule has 0 heterocycles. The molecule has 0 N–H and O–H groups in total. The summed E-state index contributed by atoms with van der Waals surface area (Å²) in [6.45, 7) is 0. The minimum atomic E-state index is -0.00519. The van der Waals surface area contributed by atoms with Crippen molar-refractivity contribution < 1.29 is 4.79 Å². The average Bonchev–Trinajstić information content (AvgIpc) is 2.47. The summed E-state index contributed by atoms with van der Waals surface area (Å²) in [5, 5.41) is 2.60. The van der Waals surface area contributed by atoms with E-state index in [9.17, 15) is 4.79 Å². The molecule has 0 atom stereocenters. The van der Waals surface area contributed by atoms with E-state index in [2.05, 4.69) is 61.5 Å². The van der Waals surface area contributed by atoms with Crippen LogP contribution < -0.4 is 0 Å². The molecule has 2 aromatic rings. The Hall–Kier alpha value is -1.67. The van der Waals surface area contributed by atoms with Crippen molar-refractivity contribution >= 4 is 16.6 Å². The van der Waals surface area contributed by atoms with E-state index in [1.807, 2.05) is 0 Å². The summed E-state index contributed by atoms with van der Waals surface area (Å²) >= 11 is 0. The molecule has 2 heteroatoms. The van der Waals surface area contributed by atoms with Crippen LogP contribution in [0.5, 0.6) is 0 Å². The van der Waals surface area contributed by atoms with Gasteiger partial charge in [-0.05, 0) is 43.3 Å². The summed E-state index contributed by atoms with van der Waals surface area (Å²) in [5.41, 5.74) is 1.36. The Bertz CT molecular complexity index is 629. The fourth-order valence-electron chi connectivity index (χ4n) is 3.53. The molecule has 0 bridgehead atoms. The highest BCUT2D eigenvalue weighted by molar-refractivity contribution is 5.87. The number of fused-ring (bicyclic) bond motifs is 1. The zero-order valence-electron chi connectivity index (χ0n) is 12.2. The molecule has 0 saturated heterocycles. The Labute approximate surface area is 120 Å². The normalized spacial score (nSPS) is 18.6. The second-order valence-corrected chi connectivity index (χ2v) is 5.99. The standard InChI is InChI=1S/C18H21NO/c1-19(2)18(12-10-15(20)11-13-18)17-9-5-7-14-6-3-4-8-16(14)17/h3-9H,10-13H2,1-2H3. The maximum Gasteiger partial charge on any atom is 0.133 e. The monoisotopic (exact) mass is 267 g/mol. The van der Waals surface area contributed by atoms with E-state index in [0.29, 0.717) is 18.6 Å². The predicted molar refractivity (Wildman–Crippen MR) is 82.8 cm³/mol. The number of carbonyl (C=O) groups excluding carboxylic acids is 1. The third-order valence-corrected chi connectivity index (χ3v) is 4.78. The van der Waals surface area contributed by atoms with Crippen molar-refractivity contribution in [3.63, 3.8) is 0 Å². The third-order valence-electron chi connectivity index (χ3n) is 4.78. The van der Waals surface area contributed by atoms with Gasteiger partial charge < -0.3 is 0 Å². The van der Waals surface area contributed by atoms with Crippen LogP contribution in [0, 0.1) is 0 Å². The van der Waals surface area contributed by atoms with E-state index in [4.69, 9.17) is 0 Å². The SMILES string of the molecule is CN(C)C1(c2cccc3ccccc23)CCC(=O)CC1. The highest BCUT2D eigenvalue weighted by Gasteiger charge is 2.39. The number of carbonyl (C=O) groups is 1. The van der Waals surface area contributed by atoms with E-state index in [0.717, 1.165) is 12.8 Å². The molecule has 0 unspecified atom stereocenters. The smallest absolute Gasteiger partial charge is 0.133 e. The first-order valence-corrected chi connectivity index (χ1v) is 7.31. The number of hydrogen-bond acceptors (Lipinski definition) is 2. The molecule has 104 valence electrons. The summed E-state index contributed by atoms with van der Waals surface area (Å²) in [5.74, 6) is 0.405. The lowest BCUT2D eigenvalue weighted by molar-refractivity contribution is -0.122. The number of hydrogen-bond donors (Lipinski definition) is 0. The van der Waals surface area contributed by atoms with Crippen LogP contribution in [0.3, 0.4) is 0 Å². The van der Waals surface area contributed by atoms with Gasteiger partial charge in [-0.2, -0.15) is 0 Å². The third kappa shape index (κ3) is 2.04. The van der Waals surface area contributed by atoms with Crippen LogP contribution in [0.2, 0.25) is 0 Å². The van der Waals surface area contributed by atoms with Gasteiger partial charge in [0.25, 0.3) is 0 Å². The van der Waals surface area contributed by atoms with Crippen molar-refractivity contribution in [3.8, 4) is 0 Å². The molecule has 2 nitrogen and oxygen atoms in total. The number of nitrogens with zero attached hydrogens (tertiary/aromatic N) is 1. The predicted octanol–water partition coefficient (Wildman–Crippen LogP) is 3.74. The number of rotatable bonds is 2. The quantitative estimate of drug-likeness (QED) is 0.826. The summed E-state index contributed by atoms with van der Waals surface area (Å²) < 4.78 is 0. The Morgan fingerprint density at radius 3 is 2.30 bits per heavy atom. The molecular weight excluding hydrogens is 246 g/mol. The first-order chi connectivity index (χ1) is 9.63. The van der Waals surface area contributed by atoms with Crippen molar-refractivity contribution in [2.24, 2.45) is 0 Å². The fourth-order valence-corrected chi connectivity index (χ4v) is 3.53. The van der Waals surface area contributed by atoms with E-state index in [1.165, 1.54) is 16.3 Å². The van der Waals surface area contributed by atoms with Gasteiger partial charge in [-0.1, -0.05) is 42.5 Å². The van der Waals surface area contributed by atoms with Crippen LogP contribution in [0.4, 0.5) is 0 Å². The van der Waals surface area contributed by atoms with E-state index in [1.54, 1.807) is 0 Å². The van der Waals surface area contributed by atoms with Gasteiger partial charge in [-0.3, -0.25) is 9.69 Å². The van der Waals surface area contributed by atoms with E-state index in [-0.39, 0.29) is 5.54 Å². The van der Waals surface area contributed by atoms with Crippen LogP contribution in [0.1, 0.15) is 31.2 Å². The molecule has 1 fully saturated rings. The van der Waals surface area contributed by atoms with Gasteiger partial charge in [-0.15, -0.1) is 0 Å². The lowest BCUT2D eigenvalue weighted by atomic mass is 9.74. The van der Waals surface area contributed by atoms with Crippen molar-refractivity contribution in [1.82, 2.24) is 4.90 Å². The van der Waals surface area contributed by atoms with Crippen molar-refractivity contribution in [2.45, 2.75) is 31.2 Å². The molecule has 0 aliphatic heterocycles. The average molecular weight is 267 g/mol. The number of benzene rings is 2. The van der Waals surface area contributed by atoms with Gasteiger partial charge in [-0.25, -0.2) is 0 Å².